The molecule has 152 valence electrons. The number of rotatable bonds is 11. The highest BCUT2D eigenvalue weighted by molar-refractivity contribution is 7.09. The number of aliphatic hydroxyl groups is 2. The van der Waals surface area contributed by atoms with Crippen LogP contribution in [0.3, 0.4) is 0 Å². The molecule has 3 rings (SSSR count). The fourth-order valence-corrected chi connectivity index (χ4v) is 5.17. The van der Waals surface area contributed by atoms with Gasteiger partial charge < -0.3 is 10.2 Å². The number of allylic oxidation sites excluding steroid dienone is 1. The van der Waals surface area contributed by atoms with Gasteiger partial charge in [-0.15, -0.1) is 11.3 Å². The van der Waals surface area contributed by atoms with Crippen molar-refractivity contribution in [3.63, 3.8) is 0 Å². The molecule has 1 aliphatic carbocycles. The molecular formula is C25H34O2S. The minimum absolute atomic E-state index is 0.175. The molecule has 0 amide bonds. The Morgan fingerprint density at radius 2 is 1.96 bits per heavy atom. The van der Waals surface area contributed by atoms with Crippen molar-refractivity contribution in [2.24, 2.45) is 5.92 Å². The Hall–Kier alpha value is -1.42. The first-order valence-electron chi connectivity index (χ1n) is 10.8. The first-order chi connectivity index (χ1) is 13.7. The fourth-order valence-electron chi connectivity index (χ4n) is 4.42. The second-order valence-corrected chi connectivity index (χ2v) is 9.11. The zero-order valence-electron chi connectivity index (χ0n) is 17.1. The number of hydrogen-bond acceptors (Lipinski definition) is 3. The predicted octanol–water partition coefficient (Wildman–Crippen LogP) is 6.02. The molecular weight excluding hydrogens is 364 g/mol. The van der Waals surface area contributed by atoms with E-state index in [1.807, 2.05) is 11.3 Å². The smallest absolute Gasteiger partial charge is 0.0647 e. The first kappa shape index (κ1) is 21.3. The predicted molar refractivity (Wildman–Crippen MR) is 120 cm³/mol. The normalized spacial score (nSPS) is 18.0. The van der Waals surface area contributed by atoms with Crippen molar-refractivity contribution in [1.29, 1.82) is 0 Å². The van der Waals surface area contributed by atoms with Crippen molar-refractivity contribution in [2.45, 2.75) is 70.8 Å². The molecule has 1 aromatic carbocycles. The zero-order valence-corrected chi connectivity index (χ0v) is 17.9. The summed E-state index contributed by atoms with van der Waals surface area (Å²) in [5.74, 6) is 0.558. The Labute approximate surface area is 173 Å². The summed E-state index contributed by atoms with van der Waals surface area (Å²) in [6.07, 6.45) is 9.31. The highest BCUT2D eigenvalue weighted by atomic mass is 32.1. The van der Waals surface area contributed by atoms with E-state index in [0.29, 0.717) is 5.92 Å². The Bertz CT molecular complexity index is 730. The van der Waals surface area contributed by atoms with Crippen LogP contribution < -0.4 is 0 Å². The van der Waals surface area contributed by atoms with Gasteiger partial charge in [-0.05, 0) is 84.6 Å². The Morgan fingerprint density at radius 3 is 2.64 bits per heavy atom. The zero-order chi connectivity index (χ0) is 19.8. The third-order valence-electron chi connectivity index (χ3n) is 5.96. The number of hydrogen-bond donors (Lipinski definition) is 2. The summed E-state index contributed by atoms with van der Waals surface area (Å²) in [4.78, 5) is 1.47. The molecule has 2 nitrogen and oxygen atoms in total. The molecule has 1 aliphatic rings. The van der Waals surface area contributed by atoms with Crippen molar-refractivity contribution in [3.05, 3.63) is 63.4 Å². The molecule has 0 aliphatic heterocycles. The number of benzene rings is 1. The van der Waals surface area contributed by atoms with E-state index in [4.69, 9.17) is 0 Å². The summed E-state index contributed by atoms with van der Waals surface area (Å²) in [5, 5.41) is 22.2. The lowest BCUT2D eigenvalue weighted by molar-refractivity contribution is 0.162. The molecule has 1 heterocycles. The third kappa shape index (κ3) is 5.79. The van der Waals surface area contributed by atoms with E-state index in [2.05, 4.69) is 48.7 Å². The molecule has 2 aromatic rings. The summed E-state index contributed by atoms with van der Waals surface area (Å²) in [6, 6.07) is 13.1. The van der Waals surface area contributed by atoms with Crippen molar-refractivity contribution < 1.29 is 10.2 Å². The van der Waals surface area contributed by atoms with Crippen LogP contribution in [0.4, 0.5) is 0 Å². The number of aryl methyl sites for hydroxylation is 1. The maximum absolute atomic E-state index is 10.2. The summed E-state index contributed by atoms with van der Waals surface area (Å²) in [5.41, 5.74) is 5.06. The lowest BCUT2D eigenvalue weighted by Gasteiger charge is -2.17. The maximum Gasteiger partial charge on any atom is 0.0647 e. The van der Waals surface area contributed by atoms with Crippen molar-refractivity contribution >= 4 is 16.9 Å². The van der Waals surface area contributed by atoms with Crippen LogP contribution in [0.5, 0.6) is 0 Å². The quantitative estimate of drug-likeness (QED) is 0.486. The minimum atomic E-state index is -0.241. The van der Waals surface area contributed by atoms with Crippen LogP contribution in [0.15, 0.2) is 47.4 Å². The number of aliphatic hydroxyl groups excluding tert-OH is 2. The van der Waals surface area contributed by atoms with E-state index in [0.717, 1.165) is 44.9 Å². The van der Waals surface area contributed by atoms with Crippen LogP contribution in [0.2, 0.25) is 0 Å². The van der Waals surface area contributed by atoms with Gasteiger partial charge in [-0.25, -0.2) is 0 Å². The van der Waals surface area contributed by atoms with Crippen LogP contribution in [0.1, 0.15) is 67.9 Å². The lowest BCUT2D eigenvalue weighted by Crippen LogP contribution is -2.10. The SMILES string of the molecule is CCCCC(O)Cc1ccc(C2=C(CO)CC[C@@H]2CCCc2cccs2)cc1. The Balaban J connectivity index is 1.62. The van der Waals surface area contributed by atoms with Gasteiger partial charge in [-0.3, -0.25) is 0 Å². The van der Waals surface area contributed by atoms with E-state index in [1.54, 1.807) is 0 Å². The van der Waals surface area contributed by atoms with Crippen molar-refractivity contribution in [1.82, 2.24) is 0 Å². The van der Waals surface area contributed by atoms with E-state index >= 15 is 0 Å². The summed E-state index contributed by atoms with van der Waals surface area (Å²) in [6.45, 7) is 2.33. The van der Waals surface area contributed by atoms with Gasteiger partial charge in [0.1, 0.15) is 0 Å². The largest absolute Gasteiger partial charge is 0.393 e. The molecule has 0 bridgehead atoms. The van der Waals surface area contributed by atoms with Crippen LogP contribution in [-0.4, -0.2) is 22.9 Å². The lowest BCUT2D eigenvalue weighted by atomic mass is 9.88. The van der Waals surface area contributed by atoms with Crippen LogP contribution in [0.25, 0.3) is 5.57 Å². The van der Waals surface area contributed by atoms with Crippen LogP contribution in [-0.2, 0) is 12.8 Å². The fraction of sp³-hybridized carbons (Fsp3) is 0.520. The van der Waals surface area contributed by atoms with Gasteiger partial charge in [0.25, 0.3) is 0 Å². The Kier molecular flexibility index (Phi) is 8.32. The second-order valence-electron chi connectivity index (χ2n) is 8.08. The molecule has 1 unspecified atom stereocenters. The molecule has 0 saturated heterocycles. The van der Waals surface area contributed by atoms with Crippen LogP contribution in [0, 0.1) is 5.92 Å². The number of thiophene rings is 1. The average molecular weight is 399 g/mol. The van der Waals surface area contributed by atoms with Gasteiger partial charge in [0, 0.05) is 4.88 Å². The summed E-state index contributed by atoms with van der Waals surface area (Å²) < 4.78 is 0. The minimum Gasteiger partial charge on any atom is -0.393 e. The van der Waals surface area contributed by atoms with E-state index in [-0.39, 0.29) is 12.7 Å². The molecule has 28 heavy (non-hydrogen) atoms. The van der Waals surface area contributed by atoms with Gasteiger partial charge in [0.15, 0.2) is 0 Å². The van der Waals surface area contributed by atoms with Gasteiger partial charge in [-0.1, -0.05) is 50.1 Å². The highest BCUT2D eigenvalue weighted by Gasteiger charge is 2.25. The molecule has 0 fully saturated rings. The highest BCUT2D eigenvalue weighted by Crippen LogP contribution is 2.41. The molecule has 3 heteroatoms. The first-order valence-corrected chi connectivity index (χ1v) is 11.7. The Morgan fingerprint density at radius 1 is 1.14 bits per heavy atom. The molecule has 1 aromatic heterocycles. The third-order valence-corrected chi connectivity index (χ3v) is 6.89. The topological polar surface area (TPSA) is 40.5 Å². The van der Waals surface area contributed by atoms with E-state index in [9.17, 15) is 10.2 Å². The van der Waals surface area contributed by atoms with E-state index in [1.165, 1.54) is 40.0 Å². The van der Waals surface area contributed by atoms with Gasteiger partial charge >= 0.3 is 0 Å². The molecule has 2 atom stereocenters. The molecule has 0 spiro atoms. The van der Waals surface area contributed by atoms with Gasteiger partial charge in [-0.2, -0.15) is 0 Å². The van der Waals surface area contributed by atoms with Crippen LogP contribution >= 0.6 is 11.3 Å². The van der Waals surface area contributed by atoms with Gasteiger partial charge in [0.05, 0.1) is 12.7 Å². The second kappa shape index (κ2) is 10.9. The maximum atomic E-state index is 10.2. The van der Waals surface area contributed by atoms with Crippen molar-refractivity contribution in [3.8, 4) is 0 Å². The number of unbranched alkanes of at least 4 members (excludes halogenated alkanes) is 1. The standard InChI is InChI=1S/C25H34O2S/c1-2-3-7-23(27)17-19-10-12-21(13-11-19)25-20(14-15-22(25)18-26)6-4-8-24-9-5-16-28-24/h5,9-13,16,20,23,26-27H,2-4,6-8,14-15,17-18H2,1H3/t20-,23?/m0/s1. The summed E-state index contributed by atoms with van der Waals surface area (Å²) in [7, 11) is 0. The van der Waals surface area contributed by atoms with Gasteiger partial charge in [0.2, 0.25) is 0 Å². The average Bonchev–Trinajstić information content (AvgIpc) is 3.37. The molecule has 0 saturated carbocycles. The summed E-state index contributed by atoms with van der Waals surface area (Å²) >= 11 is 1.85. The van der Waals surface area contributed by atoms with E-state index < -0.39 is 0 Å². The monoisotopic (exact) mass is 398 g/mol. The molecule has 0 radical (unpaired) electrons. The van der Waals surface area contributed by atoms with Crippen molar-refractivity contribution in [2.75, 3.05) is 6.61 Å². The molecule has 2 N–H and O–H groups in total.